The lowest BCUT2D eigenvalue weighted by Crippen LogP contribution is -2.44. The summed E-state index contributed by atoms with van der Waals surface area (Å²) in [7, 11) is 0. The Morgan fingerprint density at radius 3 is 2.49 bits per heavy atom. The number of benzene rings is 3. The third-order valence-corrected chi connectivity index (χ3v) is 6.72. The van der Waals surface area contributed by atoms with E-state index < -0.39 is 6.03 Å². The number of carbonyl (C=O) groups excluding carboxylic acids is 2. The molecule has 3 aromatic carbocycles. The quantitative estimate of drug-likeness (QED) is 0.226. The van der Waals surface area contributed by atoms with E-state index >= 15 is 0 Å². The molecule has 1 N–H and O–H groups in total. The van der Waals surface area contributed by atoms with Gasteiger partial charge in [-0.25, -0.2) is 9.18 Å². The predicted molar refractivity (Wildman–Crippen MR) is 153 cm³/mol. The van der Waals surface area contributed by atoms with E-state index in [9.17, 15) is 18.8 Å². The molecule has 1 heterocycles. The van der Waals surface area contributed by atoms with Crippen LogP contribution in [-0.2, 0) is 17.9 Å². The van der Waals surface area contributed by atoms with Crippen LogP contribution < -0.4 is 10.7 Å². The third kappa shape index (κ3) is 7.54. The molecule has 0 saturated heterocycles. The van der Waals surface area contributed by atoms with Crippen molar-refractivity contribution in [3.63, 3.8) is 0 Å². The summed E-state index contributed by atoms with van der Waals surface area (Å²) in [5.41, 5.74) is 1.82. The molecule has 1 aromatic heterocycles. The van der Waals surface area contributed by atoms with Gasteiger partial charge in [0.1, 0.15) is 17.9 Å². The zero-order valence-electron chi connectivity index (χ0n) is 21.5. The van der Waals surface area contributed by atoms with Gasteiger partial charge in [-0.05, 0) is 54.4 Å². The summed E-state index contributed by atoms with van der Waals surface area (Å²) in [6.07, 6.45) is 2.92. The Morgan fingerprint density at radius 2 is 1.74 bits per heavy atom. The number of hydrogen-bond donors (Lipinski definition) is 1. The van der Waals surface area contributed by atoms with E-state index in [0.29, 0.717) is 40.7 Å². The minimum atomic E-state index is -0.401. The minimum absolute atomic E-state index is 0.0295. The molecule has 0 saturated carbocycles. The summed E-state index contributed by atoms with van der Waals surface area (Å²) in [5.74, 6) is -0.742. The molecule has 9 heteroatoms. The number of carbonyl (C=O) groups is 2. The molecule has 3 amide bonds. The van der Waals surface area contributed by atoms with Crippen LogP contribution in [-0.4, -0.2) is 34.8 Å². The molecule has 0 aliphatic rings. The van der Waals surface area contributed by atoms with Crippen molar-refractivity contribution >= 4 is 44.5 Å². The Kier molecular flexibility index (Phi) is 9.49. The Hall–Kier alpha value is -3.98. The maximum Gasteiger partial charge on any atom is 0.322 e. The highest BCUT2D eigenvalue weighted by Gasteiger charge is 2.23. The Bertz CT molecular complexity index is 1510. The summed E-state index contributed by atoms with van der Waals surface area (Å²) in [6.45, 7) is 2.29. The SMILES string of the molecule is CCCCN(CC(=O)N(Cc1ccc(F)cc1)Cc1coc2ccccc2c1=O)C(=O)Nc1cccc(Br)c1. The lowest BCUT2D eigenvalue weighted by atomic mass is 10.1. The van der Waals surface area contributed by atoms with Crippen LogP contribution in [0.2, 0.25) is 0 Å². The fourth-order valence-corrected chi connectivity index (χ4v) is 4.51. The molecule has 7 nitrogen and oxygen atoms in total. The highest BCUT2D eigenvalue weighted by atomic mass is 79.9. The van der Waals surface area contributed by atoms with Gasteiger partial charge < -0.3 is 19.5 Å². The highest BCUT2D eigenvalue weighted by molar-refractivity contribution is 9.10. The van der Waals surface area contributed by atoms with Crippen molar-refractivity contribution in [3.05, 3.63) is 111 Å². The fourth-order valence-electron chi connectivity index (χ4n) is 4.11. The molecule has 4 rings (SSSR count). The van der Waals surface area contributed by atoms with Crippen LogP contribution in [0.3, 0.4) is 0 Å². The summed E-state index contributed by atoms with van der Waals surface area (Å²) in [5, 5.41) is 3.27. The molecule has 0 fully saturated rings. The van der Waals surface area contributed by atoms with Gasteiger partial charge in [-0.2, -0.15) is 0 Å². The van der Waals surface area contributed by atoms with Gasteiger partial charge in [0.25, 0.3) is 0 Å². The first-order valence-corrected chi connectivity index (χ1v) is 13.5. The van der Waals surface area contributed by atoms with Gasteiger partial charge in [0.15, 0.2) is 5.43 Å². The van der Waals surface area contributed by atoms with Crippen molar-refractivity contribution in [2.75, 3.05) is 18.4 Å². The van der Waals surface area contributed by atoms with Crippen molar-refractivity contribution in [2.24, 2.45) is 0 Å². The molecular formula is C30H29BrFN3O4. The second-order valence-electron chi connectivity index (χ2n) is 9.18. The maximum absolute atomic E-state index is 13.7. The molecule has 0 radical (unpaired) electrons. The molecule has 0 spiro atoms. The third-order valence-electron chi connectivity index (χ3n) is 6.22. The molecule has 0 aliphatic heterocycles. The van der Waals surface area contributed by atoms with Crippen molar-refractivity contribution in [3.8, 4) is 0 Å². The van der Waals surface area contributed by atoms with E-state index in [2.05, 4.69) is 21.2 Å². The van der Waals surface area contributed by atoms with E-state index in [1.165, 1.54) is 28.2 Å². The lowest BCUT2D eigenvalue weighted by molar-refractivity contribution is -0.133. The minimum Gasteiger partial charge on any atom is -0.464 e. The monoisotopic (exact) mass is 593 g/mol. The maximum atomic E-state index is 13.7. The molecule has 0 unspecified atom stereocenters. The Morgan fingerprint density at radius 1 is 0.974 bits per heavy atom. The normalized spacial score (nSPS) is 10.8. The van der Waals surface area contributed by atoms with Crippen molar-refractivity contribution in [1.82, 2.24) is 9.80 Å². The largest absolute Gasteiger partial charge is 0.464 e. The molecule has 0 bridgehead atoms. The van der Waals surface area contributed by atoms with Gasteiger partial charge in [-0.1, -0.05) is 59.6 Å². The van der Waals surface area contributed by atoms with E-state index in [1.807, 2.05) is 13.0 Å². The van der Waals surface area contributed by atoms with Crippen molar-refractivity contribution in [1.29, 1.82) is 0 Å². The predicted octanol–water partition coefficient (Wildman–Crippen LogP) is 6.56. The number of nitrogens with one attached hydrogen (secondary N) is 1. The van der Waals surface area contributed by atoms with Gasteiger partial charge in [-0.3, -0.25) is 9.59 Å². The van der Waals surface area contributed by atoms with Crippen LogP contribution in [0.4, 0.5) is 14.9 Å². The fraction of sp³-hybridized carbons (Fsp3) is 0.233. The first kappa shape index (κ1) is 28.0. The number of rotatable bonds is 10. The molecular weight excluding hydrogens is 565 g/mol. The van der Waals surface area contributed by atoms with Gasteiger partial charge in [0, 0.05) is 23.2 Å². The first-order valence-electron chi connectivity index (χ1n) is 12.7. The van der Waals surface area contributed by atoms with Crippen LogP contribution in [0.25, 0.3) is 11.0 Å². The molecule has 0 aliphatic carbocycles. The number of hydrogen-bond acceptors (Lipinski definition) is 4. The molecule has 0 atom stereocenters. The second-order valence-corrected chi connectivity index (χ2v) is 10.1. The van der Waals surface area contributed by atoms with E-state index in [1.54, 1.807) is 54.6 Å². The molecule has 202 valence electrons. The van der Waals surface area contributed by atoms with Crippen LogP contribution >= 0.6 is 15.9 Å². The standard InChI is InChI=1S/C30H29BrFN3O4/c1-2-3-15-34(30(38)33-25-8-6-7-23(31)16-25)19-28(36)35(17-21-11-13-24(32)14-12-21)18-22-20-39-27-10-5-4-9-26(27)29(22)37/h4-14,16,20H,2-3,15,17-19H2,1H3,(H,33,38). The highest BCUT2D eigenvalue weighted by Crippen LogP contribution is 2.18. The molecule has 39 heavy (non-hydrogen) atoms. The number of amides is 3. The number of unbranched alkanes of at least 4 members (excludes halogenated alkanes) is 1. The first-order chi connectivity index (χ1) is 18.8. The Labute approximate surface area is 234 Å². The number of fused-ring (bicyclic) bond motifs is 1. The lowest BCUT2D eigenvalue weighted by Gasteiger charge is -2.28. The zero-order valence-corrected chi connectivity index (χ0v) is 23.1. The number of nitrogens with zero attached hydrogens (tertiary/aromatic N) is 2. The zero-order chi connectivity index (χ0) is 27.8. The summed E-state index contributed by atoms with van der Waals surface area (Å²) < 4.78 is 20.0. The van der Waals surface area contributed by atoms with Crippen molar-refractivity contribution in [2.45, 2.75) is 32.9 Å². The summed E-state index contributed by atoms with van der Waals surface area (Å²) in [6, 6.07) is 19.5. The van der Waals surface area contributed by atoms with Gasteiger partial charge in [0.05, 0.1) is 23.8 Å². The van der Waals surface area contributed by atoms with Crippen LogP contribution in [0.5, 0.6) is 0 Å². The van der Waals surface area contributed by atoms with Crippen LogP contribution in [0, 0.1) is 5.82 Å². The van der Waals surface area contributed by atoms with E-state index in [4.69, 9.17) is 4.42 Å². The summed E-state index contributed by atoms with van der Waals surface area (Å²) in [4.78, 5) is 42.9. The average molecular weight is 594 g/mol. The number of halogens is 2. The van der Waals surface area contributed by atoms with Crippen LogP contribution in [0.1, 0.15) is 30.9 Å². The molecule has 4 aromatic rings. The smallest absolute Gasteiger partial charge is 0.322 e. The topological polar surface area (TPSA) is 82.9 Å². The summed E-state index contributed by atoms with van der Waals surface area (Å²) >= 11 is 3.40. The average Bonchev–Trinajstić information content (AvgIpc) is 2.93. The number of urea groups is 1. The van der Waals surface area contributed by atoms with Gasteiger partial charge in [-0.15, -0.1) is 0 Å². The van der Waals surface area contributed by atoms with E-state index in [-0.39, 0.29) is 36.8 Å². The van der Waals surface area contributed by atoms with E-state index in [0.717, 1.165) is 10.9 Å². The number of anilines is 1. The number of para-hydroxylation sites is 1. The van der Waals surface area contributed by atoms with Gasteiger partial charge >= 0.3 is 6.03 Å². The van der Waals surface area contributed by atoms with Crippen LogP contribution in [0.15, 0.2) is 92.7 Å². The van der Waals surface area contributed by atoms with Crippen molar-refractivity contribution < 1.29 is 18.4 Å². The Balaban J connectivity index is 1.59. The van der Waals surface area contributed by atoms with Gasteiger partial charge in [0.2, 0.25) is 5.91 Å². The second kappa shape index (κ2) is 13.2.